The fraction of sp³-hybridized carbons (Fsp3) is 0.500. The monoisotopic (exact) mass is 232 g/mol. The number of aromatic nitrogens is 2. The zero-order chi connectivity index (χ0) is 12.4. The fourth-order valence-corrected chi connectivity index (χ4v) is 2.15. The number of aliphatic hydroxyl groups excluding tert-OH is 1. The highest BCUT2D eigenvalue weighted by atomic mass is 16.3. The molecule has 92 valence electrons. The van der Waals surface area contributed by atoms with Gasteiger partial charge < -0.3 is 9.67 Å². The Kier molecular flexibility index (Phi) is 3.48. The lowest BCUT2D eigenvalue weighted by atomic mass is 10.0. The maximum Gasteiger partial charge on any atom is 0.135 e. The lowest BCUT2D eigenvalue weighted by Crippen LogP contribution is -2.02. The van der Waals surface area contributed by atoms with Gasteiger partial charge in [-0.15, -0.1) is 0 Å². The van der Waals surface area contributed by atoms with Crippen LogP contribution in [0.5, 0.6) is 0 Å². The van der Waals surface area contributed by atoms with Crippen LogP contribution in [0.4, 0.5) is 0 Å². The zero-order valence-corrected chi connectivity index (χ0v) is 10.8. The maximum atomic E-state index is 9.34. The Morgan fingerprint density at radius 1 is 1.35 bits per heavy atom. The highest BCUT2D eigenvalue weighted by Gasteiger charge is 2.10. The first-order chi connectivity index (χ1) is 8.17. The molecule has 0 aliphatic heterocycles. The molecule has 17 heavy (non-hydrogen) atoms. The van der Waals surface area contributed by atoms with Gasteiger partial charge in [-0.2, -0.15) is 0 Å². The van der Waals surface area contributed by atoms with E-state index >= 15 is 0 Å². The first-order valence-corrected chi connectivity index (χ1v) is 6.27. The average molecular weight is 232 g/mol. The molecule has 1 aromatic heterocycles. The van der Waals surface area contributed by atoms with Crippen molar-refractivity contribution in [3.8, 4) is 0 Å². The standard InChI is InChI=1S/C14H20N2O/c1-4-7-16-13-6-5-11(10(2)3)8-12(13)15-14(16)9-17/h5-6,8,10,17H,4,7,9H2,1-3H3. The quantitative estimate of drug-likeness (QED) is 0.879. The fourth-order valence-electron chi connectivity index (χ4n) is 2.15. The highest BCUT2D eigenvalue weighted by Crippen LogP contribution is 2.22. The van der Waals surface area contributed by atoms with Crippen molar-refractivity contribution in [1.29, 1.82) is 0 Å². The molecule has 1 aromatic carbocycles. The molecule has 2 rings (SSSR count). The van der Waals surface area contributed by atoms with E-state index < -0.39 is 0 Å². The third-order valence-corrected chi connectivity index (χ3v) is 3.11. The van der Waals surface area contributed by atoms with Crippen LogP contribution in [0.15, 0.2) is 18.2 Å². The van der Waals surface area contributed by atoms with E-state index in [0.29, 0.717) is 5.92 Å². The van der Waals surface area contributed by atoms with E-state index in [4.69, 9.17) is 0 Å². The molecule has 0 saturated heterocycles. The number of hydrogen-bond donors (Lipinski definition) is 1. The summed E-state index contributed by atoms with van der Waals surface area (Å²) in [5.74, 6) is 1.27. The number of fused-ring (bicyclic) bond motifs is 1. The van der Waals surface area contributed by atoms with Crippen molar-refractivity contribution in [2.45, 2.75) is 46.3 Å². The molecule has 1 heterocycles. The summed E-state index contributed by atoms with van der Waals surface area (Å²) in [7, 11) is 0. The Morgan fingerprint density at radius 2 is 2.12 bits per heavy atom. The highest BCUT2D eigenvalue weighted by molar-refractivity contribution is 5.77. The summed E-state index contributed by atoms with van der Waals surface area (Å²) < 4.78 is 2.11. The van der Waals surface area contributed by atoms with Crippen LogP contribution in [0.3, 0.4) is 0 Å². The Hall–Kier alpha value is -1.35. The van der Waals surface area contributed by atoms with Crippen LogP contribution < -0.4 is 0 Å². The van der Waals surface area contributed by atoms with E-state index in [2.05, 4.69) is 48.5 Å². The number of rotatable bonds is 4. The molecule has 0 bridgehead atoms. The molecule has 0 atom stereocenters. The molecule has 1 N–H and O–H groups in total. The summed E-state index contributed by atoms with van der Waals surface area (Å²) in [5, 5.41) is 9.34. The summed E-state index contributed by atoms with van der Waals surface area (Å²) >= 11 is 0. The predicted octanol–water partition coefficient (Wildman–Crippen LogP) is 3.06. The molecule has 0 amide bonds. The Labute approximate surface area is 102 Å². The van der Waals surface area contributed by atoms with Gasteiger partial charge in [0.2, 0.25) is 0 Å². The van der Waals surface area contributed by atoms with Crippen LogP contribution in [0, 0.1) is 0 Å². The van der Waals surface area contributed by atoms with Gasteiger partial charge in [-0.3, -0.25) is 0 Å². The molecular formula is C14H20N2O. The minimum absolute atomic E-state index is 0.00565. The molecule has 0 aliphatic rings. The normalized spacial score (nSPS) is 11.6. The van der Waals surface area contributed by atoms with Gasteiger partial charge in [0.1, 0.15) is 12.4 Å². The summed E-state index contributed by atoms with van der Waals surface area (Å²) in [6.07, 6.45) is 1.05. The second-order valence-electron chi connectivity index (χ2n) is 4.74. The number of aryl methyl sites for hydroxylation is 1. The first kappa shape index (κ1) is 12.1. The van der Waals surface area contributed by atoms with Crippen molar-refractivity contribution >= 4 is 11.0 Å². The van der Waals surface area contributed by atoms with Crippen molar-refractivity contribution in [3.63, 3.8) is 0 Å². The summed E-state index contributed by atoms with van der Waals surface area (Å²) in [5.41, 5.74) is 3.41. The molecule has 3 nitrogen and oxygen atoms in total. The van der Waals surface area contributed by atoms with Crippen LogP contribution >= 0.6 is 0 Å². The van der Waals surface area contributed by atoms with Crippen molar-refractivity contribution in [2.24, 2.45) is 0 Å². The molecule has 0 saturated carbocycles. The third-order valence-electron chi connectivity index (χ3n) is 3.11. The van der Waals surface area contributed by atoms with Gasteiger partial charge in [-0.25, -0.2) is 4.98 Å². The second-order valence-corrected chi connectivity index (χ2v) is 4.74. The Morgan fingerprint density at radius 3 is 2.71 bits per heavy atom. The first-order valence-electron chi connectivity index (χ1n) is 6.27. The van der Waals surface area contributed by atoms with Crippen LogP contribution in [0.25, 0.3) is 11.0 Å². The number of aliphatic hydroxyl groups is 1. The van der Waals surface area contributed by atoms with Crippen molar-refractivity contribution in [1.82, 2.24) is 9.55 Å². The molecule has 0 fully saturated rings. The minimum Gasteiger partial charge on any atom is -0.388 e. The smallest absolute Gasteiger partial charge is 0.135 e. The molecule has 0 aliphatic carbocycles. The number of hydrogen-bond acceptors (Lipinski definition) is 2. The third kappa shape index (κ3) is 2.20. The largest absolute Gasteiger partial charge is 0.388 e. The van der Waals surface area contributed by atoms with Gasteiger partial charge in [0, 0.05) is 6.54 Å². The maximum absolute atomic E-state index is 9.34. The van der Waals surface area contributed by atoms with Crippen molar-refractivity contribution in [3.05, 3.63) is 29.6 Å². The SMILES string of the molecule is CCCn1c(CO)nc2cc(C(C)C)ccc21. The van der Waals surface area contributed by atoms with Crippen molar-refractivity contribution < 1.29 is 5.11 Å². The minimum atomic E-state index is 0.00565. The van der Waals surface area contributed by atoms with Gasteiger partial charge in [-0.1, -0.05) is 26.8 Å². The van der Waals surface area contributed by atoms with Gasteiger partial charge in [0.25, 0.3) is 0 Å². The summed E-state index contributed by atoms with van der Waals surface area (Å²) in [6, 6.07) is 6.40. The van der Waals surface area contributed by atoms with E-state index in [9.17, 15) is 5.11 Å². The van der Waals surface area contributed by atoms with Crippen LogP contribution in [-0.2, 0) is 13.2 Å². The summed E-state index contributed by atoms with van der Waals surface area (Å²) in [6.45, 7) is 7.41. The van der Waals surface area contributed by atoms with Gasteiger partial charge >= 0.3 is 0 Å². The van der Waals surface area contributed by atoms with Crippen molar-refractivity contribution in [2.75, 3.05) is 0 Å². The van der Waals surface area contributed by atoms with E-state index in [1.807, 2.05) is 0 Å². The Balaban J connectivity index is 2.57. The van der Waals surface area contributed by atoms with E-state index in [1.54, 1.807) is 0 Å². The zero-order valence-electron chi connectivity index (χ0n) is 10.8. The lowest BCUT2D eigenvalue weighted by molar-refractivity contribution is 0.265. The lowest BCUT2D eigenvalue weighted by Gasteiger charge is -2.07. The summed E-state index contributed by atoms with van der Waals surface area (Å²) in [4.78, 5) is 4.51. The second kappa shape index (κ2) is 4.88. The topological polar surface area (TPSA) is 38.0 Å². The average Bonchev–Trinajstić information content (AvgIpc) is 2.67. The van der Waals surface area contributed by atoms with Crippen LogP contribution in [-0.4, -0.2) is 14.7 Å². The van der Waals surface area contributed by atoms with E-state index in [1.165, 1.54) is 5.56 Å². The number of benzene rings is 1. The molecule has 3 heteroatoms. The predicted molar refractivity (Wildman–Crippen MR) is 70.0 cm³/mol. The van der Waals surface area contributed by atoms with Gasteiger partial charge in [-0.05, 0) is 30.0 Å². The van der Waals surface area contributed by atoms with Gasteiger partial charge in [0.15, 0.2) is 0 Å². The molecular weight excluding hydrogens is 212 g/mol. The number of imidazole rings is 1. The van der Waals surface area contributed by atoms with Gasteiger partial charge in [0.05, 0.1) is 11.0 Å². The molecule has 0 spiro atoms. The van der Waals surface area contributed by atoms with E-state index in [0.717, 1.165) is 29.8 Å². The Bertz CT molecular complexity index is 514. The van der Waals surface area contributed by atoms with Crippen LogP contribution in [0.2, 0.25) is 0 Å². The number of nitrogens with zero attached hydrogens (tertiary/aromatic N) is 2. The van der Waals surface area contributed by atoms with E-state index in [-0.39, 0.29) is 6.61 Å². The molecule has 0 radical (unpaired) electrons. The van der Waals surface area contributed by atoms with Crippen LogP contribution in [0.1, 0.15) is 44.5 Å². The molecule has 0 unspecified atom stereocenters. The molecule has 2 aromatic rings.